The number of carbonyl (C=O) groups excluding carboxylic acids is 1. The molecule has 1 aromatic heterocycles. The van der Waals surface area contributed by atoms with Gasteiger partial charge in [-0.2, -0.15) is 13.2 Å². The van der Waals surface area contributed by atoms with Crippen molar-refractivity contribution in [1.82, 2.24) is 15.2 Å². The van der Waals surface area contributed by atoms with Crippen LogP contribution in [-0.2, 0) is 17.9 Å². The Morgan fingerprint density at radius 1 is 1.42 bits per heavy atom. The molecule has 108 valence electrons. The number of hydrogen-bond donors (Lipinski definition) is 2. The minimum atomic E-state index is -4.38. The molecule has 0 atom stereocenters. The summed E-state index contributed by atoms with van der Waals surface area (Å²) in [5.41, 5.74) is 0.984. The Bertz CT molecular complexity index is 413. The van der Waals surface area contributed by atoms with E-state index in [2.05, 4.69) is 5.32 Å². The maximum absolute atomic E-state index is 11.9. The summed E-state index contributed by atoms with van der Waals surface area (Å²) in [6.07, 6.45) is -0.967. The third kappa shape index (κ3) is 6.85. The average molecular weight is 277 g/mol. The molecule has 0 aliphatic rings. The molecule has 0 bridgehead atoms. The second-order valence-electron chi connectivity index (χ2n) is 4.62. The molecule has 4 nitrogen and oxygen atoms in total. The van der Waals surface area contributed by atoms with Gasteiger partial charge in [0, 0.05) is 25.0 Å². The molecule has 0 saturated carbocycles. The third-order valence-corrected chi connectivity index (χ3v) is 2.34. The van der Waals surface area contributed by atoms with Gasteiger partial charge in [-0.15, -0.1) is 0 Å². The van der Waals surface area contributed by atoms with Gasteiger partial charge in [0.25, 0.3) is 0 Å². The van der Waals surface area contributed by atoms with Crippen LogP contribution in [0.4, 0.5) is 13.2 Å². The second kappa shape index (κ2) is 6.60. The third-order valence-electron chi connectivity index (χ3n) is 2.34. The Balaban J connectivity index is 2.38. The quantitative estimate of drug-likeness (QED) is 0.831. The highest BCUT2D eigenvalue weighted by molar-refractivity contribution is 5.75. The Labute approximate surface area is 110 Å². The summed E-state index contributed by atoms with van der Waals surface area (Å²) >= 11 is 0. The van der Waals surface area contributed by atoms with Crippen molar-refractivity contribution in [3.05, 3.63) is 24.0 Å². The van der Waals surface area contributed by atoms with Crippen molar-refractivity contribution in [2.75, 3.05) is 6.54 Å². The lowest BCUT2D eigenvalue weighted by molar-refractivity contribution is -0.138. The van der Waals surface area contributed by atoms with Gasteiger partial charge in [0.15, 0.2) is 0 Å². The van der Waals surface area contributed by atoms with Gasteiger partial charge in [0.05, 0.1) is 0 Å². The van der Waals surface area contributed by atoms with Crippen molar-refractivity contribution >= 4 is 5.91 Å². The molecule has 7 heteroatoms. The average Bonchev–Trinajstić information content (AvgIpc) is 2.70. The summed E-state index contributed by atoms with van der Waals surface area (Å²) in [4.78, 5) is 11.3. The Morgan fingerprint density at radius 3 is 2.68 bits per heavy atom. The van der Waals surface area contributed by atoms with Crippen LogP contribution in [0, 0.1) is 0 Å². The largest absolute Gasteiger partial charge is 0.405 e. The Morgan fingerprint density at radius 2 is 2.11 bits per heavy atom. The first-order valence-electron chi connectivity index (χ1n) is 5.98. The smallest absolute Gasteiger partial charge is 0.345 e. The lowest BCUT2D eigenvalue weighted by Gasteiger charge is -2.09. The second-order valence-corrected chi connectivity index (χ2v) is 4.62. The predicted molar refractivity (Wildman–Crippen MR) is 65.5 cm³/mol. The van der Waals surface area contributed by atoms with E-state index in [1.54, 1.807) is 17.0 Å². The molecule has 1 heterocycles. The molecule has 0 unspecified atom stereocenters. The van der Waals surface area contributed by atoms with Gasteiger partial charge < -0.3 is 15.2 Å². The number of nitrogens with zero attached hydrogens (tertiary/aromatic N) is 1. The molecular weight excluding hydrogens is 259 g/mol. The van der Waals surface area contributed by atoms with Crippen molar-refractivity contribution in [3.63, 3.8) is 0 Å². The summed E-state index contributed by atoms with van der Waals surface area (Å²) in [5, 5.41) is 5.04. The molecule has 1 aromatic rings. The highest BCUT2D eigenvalue weighted by atomic mass is 19.4. The molecule has 0 aromatic carbocycles. The zero-order valence-corrected chi connectivity index (χ0v) is 10.9. The molecule has 0 radical (unpaired) electrons. The van der Waals surface area contributed by atoms with E-state index < -0.39 is 18.6 Å². The van der Waals surface area contributed by atoms with Crippen LogP contribution in [0.1, 0.15) is 19.4 Å². The highest BCUT2D eigenvalue weighted by Crippen LogP contribution is 2.12. The minimum Gasteiger partial charge on any atom is -0.345 e. The summed E-state index contributed by atoms with van der Waals surface area (Å²) in [7, 11) is 0. The van der Waals surface area contributed by atoms with Crippen LogP contribution in [0.25, 0.3) is 0 Å². The Hall–Kier alpha value is -1.50. The van der Waals surface area contributed by atoms with Crippen LogP contribution in [0.2, 0.25) is 0 Å². The molecule has 2 N–H and O–H groups in total. The zero-order valence-electron chi connectivity index (χ0n) is 10.9. The lowest BCUT2D eigenvalue weighted by atomic mass is 10.3. The number of carbonyl (C=O) groups is 1. The normalized spacial score (nSPS) is 11.9. The van der Waals surface area contributed by atoms with Crippen molar-refractivity contribution in [1.29, 1.82) is 0 Å². The van der Waals surface area contributed by atoms with E-state index in [-0.39, 0.29) is 6.54 Å². The number of alkyl halides is 3. The summed E-state index contributed by atoms with van der Waals surface area (Å²) < 4.78 is 37.3. The molecule has 0 saturated heterocycles. The molecule has 1 amide bonds. The van der Waals surface area contributed by atoms with Gasteiger partial charge in [-0.05, 0) is 11.6 Å². The molecular formula is C12H18F3N3O. The van der Waals surface area contributed by atoms with Gasteiger partial charge in [-0.1, -0.05) is 13.8 Å². The van der Waals surface area contributed by atoms with Crippen molar-refractivity contribution < 1.29 is 18.0 Å². The van der Waals surface area contributed by atoms with E-state index in [9.17, 15) is 18.0 Å². The summed E-state index contributed by atoms with van der Waals surface area (Å²) in [6.45, 7) is 3.28. The van der Waals surface area contributed by atoms with Crippen molar-refractivity contribution in [2.24, 2.45) is 0 Å². The maximum atomic E-state index is 11.9. The van der Waals surface area contributed by atoms with E-state index in [1.165, 1.54) is 0 Å². The van der Waals surface area contributed by atoms with Gasteiger partial charge >= 0.3 is 6.18 Å². The van der Waals surface area contributed by atoms with Gasteiger partial charge in [0.2, 0.25) is 5.91 Å². The maximum Gasteiger partial charge on any atom is 0.405 e. The van der Waals surface area contributed by atoms with E-state index in [0.29, 0.717) is 12.6 Å². The fourth-order valence-electron chi connectivity index (χ4n) is 1.44. The number of nitrogens with one attached hydrogen (secondary N) is 2. The standard InChI is InChI=1S/C12H18F3N3O/c1-9(2)16-5-10-3-4-18(6-10)7-11(19)17-8-12(13,14)15/h3-4,6,9,16H,5,7-8H2,1-2H3,(H,17,19). The molecule has 19 heavy (non-hydrogen) atoms. The number of aromatic nitrogens is 1. The fourth-order valence-corrected chi connectivity index (χ4v) is 1.44. The van der Waals surface area contributed by atoms with Crippen molar-refractivity contribution in [2.45, 2.75) is 39.2 Å². The number of halogens is 3. The summed E-state index contributed by atoms with van der Waals surface area (Å²) in [5.74, 6) is -0.656. The van der Waals surface area contributed by atoms with E-state index >= 15 is 0 Å². The van der Waals surface area contributed by atoms with Crippen LogP contribution in [0.3, 0.4) is 0 Å². The van der Waals surface area contributed by atoms with Crippen LogP contribution < -0.4 is 10.6 Å². The van der Waals surface area contributed by atoms with E-state index in [0.717, 1.165) is 5.56 Å². The number of hydrogen-bond acceptors (Lipinski definition) is 2. The van der Waals surface area contributed by atoms with Crippen molar-refractivity contribution in [3.8, 4) is 0 Å². The van der Waals surface area contributed by atoms with Crippen LogP contribution >= 0.6 is 0 Å². The molecule has 0 fully saturated rings. The van der Waals surface area contributed by atoms with E-state index in [4.69, 9.17) is 0 Å². The van der Waals surface area contributed by atoms with Gasteiger partial charge in [-0.25, -0.2) is 0 Å². The van der Waals surface area contributed by atoms with Crippen LogP contribution in [0.15, 0.2) is 18.5 Å². The zero-order chi connectivity index (χ0) is 14.5. The lowest BCUT2D eigenvalue weighted by Crippen LogP contribution is -2.35. The minimum absolute atomic E-state index is 0.113. The van der Waals surface area contributed by atoms with E-state index in [1.807, 2.05) is 25.2 Å². The molecule has 0 spiro atoms. The first-order chi connectivity index (χ1) is 8.76. The SMILES string of the molecule is CC(C)NCc1ccn(CC(=O)NCC(F)(F)F)c1. The first kappa shape index (κ1) is 15.6. The fraction of sp³-hybridized carbons (Fsp3) is 0.583. The summed E-state index contributed by atoms with van der Waals surface area (Å²) in [6, 6.07) is 2.17. The molecule has 0 aliphatic heterocycles. The van der Waals surface area contributed by atoms with Gasteiger partial charge in [-0.3, -0.25) is 4.79 Å². The van der Waals surface area contributed by atoms with Crippen LogP contribution in [-0.4, -0.2) is 29.2 Å². The highest BCUT2D eigenvalue weighted by Gasteiger charge is 2.27. The monoisotopic (exact) mass is 277 g/mol. The first-order valence-corrected chi connectivity index (χ1v) is 5.98. The predicted octanol–water partition coefficient (Wildman–Crippen LogP) is 1.66. The number of amides is 1. The van der Waals surface area contributed by atoms with Gasteiger partial charge in [0.1, 0.15) is 13.1 Å². The topological polar surface area (TPSA) is 46.1 Å². The Kier molecular flexibility index (Phi) is 5.41. The van der Waals surface area contributed by atoms with Crippen LogP contribution in [0.5, 0.6) is 0 Å². The number of rotatable bonds is 6. The molecule has 0 aliphatic carbocycles. The molecule has 1 rings (SSSR count).